The van der Waals surface area contributed by atoms with E-state index in [4.69, 9.17) is 0 Å². The molecule has 0 aromatic carbocycles. The highest BCUT2D eigenvalue weighted by Gasteiger charge is 2.36. The van der Waals surface area contributed by atoms with Crippen molar-refractivity contribution in [1.82, 2.24) is 0 Å². The van der Waals surface area contributed by atoms with Crippen LogP contribution < -0.4 is 0 Å². The minimum absolute atomic E-state index is 0.372. The standard InChI is InChI=1S/C18H38O/c1-9-16(6)18(8,19)17(7)15(5)12-10-11-14(4)13(2)3/h13-17,19H,9-12H2,1-8H3. The van der Waals surface area contributed by atoms with Crippen molar-refractivity contribution in [3.05, 3.63) is 0 Å². The number of rotatable bonds is 9. The van der Waals surface area contributed by atoms with Crippen LogP contribution in [-0.4, -0.2) is 10.7 Å². The largest absolute Gasteiger partial charge is 0.390 e. The summed E-state index contributed by atoms with van der Waals surface area (Å²) in [5, 5.41) is 10.7. The Morgan fingerprint density at radius 3 is 1.79 bits per heavy atom. The fraction of sp³-hybridized carbons (Fsp3) is 1.00. The van der Waals surface area contributed by atoms with Crippen LogP contribution in [0, 0.1) is 29.6 Å². The summed E-state index contributed by atoms with van der Waals surface area (Å²) in [4.78, 5) is 0. The molecule has 1 heteroatoms. The molecule has 0 aliphatic carbocycles. The predicted octanol–water partition coefficient (Wildman–Crippen LogP) is 5.52. The highest BCUT2D eigenvalue weighted by atomic mass is 16.3. The van der Waals surface area contributed by atoms with Gasteiger partial charge in [-0.05, 0) is 36.5 Å². The van der Waals surface area contributed by atoms with Crippen LogP contribution >= 0.6 is 0 Å². The molecule has 0 aliphatic rings. The predicted molar refractivity (Wildman–Crippen MR) is 86.3 cm³/mol. The van der Waals surface area contributed by atoms with Gasteiger partial charge in [-0.1, -0.05) is 74.1 Å². The minimum atomic E-state index is -0.530. The Balaban J connectivity index is 4.23. The van der Waals surface area contributed by atoms with Crippen molar-refractivity contribution in [2.24, 2.45) is 29.6 Å². The van der Waals surface area contributed by atoms with E-state index in [1.807, 2.05) is 6.92 Å². The molecule has 0 aliphatic heterocycles. The zero-order valence-electron chi connectivity index (χ0n) is 14.7. The maximum Gasteiger partial charge on any atom is 0.0672 e. The first kappa shape index (κ1) is 19.0. The third kappa shape index (κ3) is 5.85. The Labute approximate surface area is 122 Å². The quantitative estimate of drug-likeness (QED) is 0.585. The summed E-state index contributed by atoms with van der Waals surface area (Å²) in [5.41, 5.74) is -0.530. The number of hydrogen-bond acceptors (Lipinski definition) is 1. The van der Waals surface area contributed by atoms with Gasteiger partial charge in [0.05, 0.1) is 5.60 Å². The average Bonchev–Trinajstić information content (AvgIpc) is 2.35. The van der Waals surface area contributed by atoms with Crippen LogP contribution in [0.3, 0.4) is 0 Å². The summed E-state index contributed by atoms with van der Waals surface area (Å²) < 4.78 is 0. The second kappa shape index (κ2) is 8.29. The molecule has 0 heterocycles. The van der Waals surface area contributed by atoms with E-state index in [2.05, 4.69) is 48.5 Å². The molecule has 0 saturated heterocycles. The molecule has 0 aromatic rings. The maximum atomic E-state index is 10.7. The summed E-state index contributed by atoms with van der Waals surface area (Å²) in [6, 6.07) is 0. The van der Waals surface area contributed by atoms with Gasteiger partial charge in [-0.15, -0.1) is 0 Å². The van der Waals surface area contributed by atoms with Crippen LogP contribution in [0.15, 0.2) is 0 Å². The van der Waals surface area contributed by atoms with Crippen LogP contribution in [0.25, 0.3) is 0 Å². The van der Waals surface area contributed by atoms with Gasteiger partial charge >= 0.3 is 0 Å². The smallest absolute Gasteiger partial charge is 0.0672 e. The molecule has 0 amide bonds. The fourth-order valence-corrected chi connectivity index (χ4v) is 2.78. The first-order valence-electron chi connectivity index (χ1n) is 8.36. The first-order valence-corrected chi connectivity index (χ1v) is 8.36. The zero-order valence-corrected chi connectivity index (χ0v) is 14.7. The normalized spacial score (nSPS) is 21.8. The van der Waals surface area contributed by atoms with Gasteiger partial charge in [0.25, 0.3) is 0 Å². The van der Waals surface area contributed by atoms with E-state index in [1.165, 1.54) is 19.3 Å². The molecule has 5 atom stereocenters. The molecule has 0 aromatic heterocycles. The summed E-state index contributed by atoms with van der Waals surface area (Å²) in [7, 11) is 0. The van der Waals surface area contributed by atoms with Crippen LogP contribution in [0.2, 0.25) is 0 Å². The van der Waals surface area contributed by atoms with E-state index in [0.717, 1.165) is 18.3 Å². The van der Waals surface area contributed by atoms with Gasteiger partial charge in [0.1, 0.15) is 0 Å². The molecule has 116 valence electrons. The molecule has 0 spiro atoms. The molecule has 1 N–H and O–H groups in total. The molecule has 19 heavy (non-hydrogen) atoms. The monoisotopic (exact) mass is 270 g/mol. The molecule has 0 saturated carbocycles. The van der Waals surface area contributed by atoms with E-state index in [0.29, 0.717) is 17.8 Å². The molecule has 5 unspecified atom stereocenters. The Morgan fingerprint density at radius 2 is 1.37 bits per heavy atom. The van der Waals surface area contributed by atoms with Gasteiger partial charge in [-0.25, -0.2) is 0 Å². The molecule has 0 bridgehead atoms. The van der Waals surface area contributed by atoms with Crippen LogP contribution in [-0.2, 0) is 0 Å². The van der Waals surface area contributed by atoms with E-state index in [1.54, 1.807) is 0 Å². The van der Waals surface area contributed by atoms with Gasteiger partial charge in [0.2, 0.25) is 0 Å². The van der Waals surface area contributed by atoms with Crippen LogP contribution in [0.5, 0.6) is 0 Å². The summed E-state index contributed by atoms with van der Waals surface area (Å²) in [6.45, 7) is 17.9. The van der Waals surface area contributed by atoms with Crippen LogP contribution in [0.4, 0.5) is 0 Å². The third-order valence-corrected chi connectivity index (χ3v) is 5.84. The molecular formula is C18H38O. The second-order valence-corrected chi connectivity index (χ2v) is 7.45. The van der Waals surface area contributed by atoms with Crippen molar-refractivity contribution < 1.29 is 5.11 Å². The SMILES string of the molecule is CCC(C)C(C)(O)C(C)C(C)CCCC(C)C(C)C. The molecule has 0 fully saturated rings. The summed E-state index contributed by atoms with van der Waals surface area (Å²) in [6.07, 6.45) is 4.90. The molecule has 0 radical (unpaired) electrons. The highest BCUT2D eigenvalue weighted by molar-refractivity contribution is 4.86. The Bertz CT molecular complexity index is 232. The third-order valence-electron chi connectivity index (χ3n) is 5.84. The van der Waals surface area contributed by atoms with Gasteiger partial charge < -0.3 is 5.11 Å². The van der Waals surface area contributed by atoms with Crippen LogP contribution in [0.1, 0.15) is 81.1 Å². The zero-order chi connectivity index (χ0) is 15.2. The van der Waals surface area contributed by atoms with Crippen molar-refractivity contribution >= 4 is 0 Å². The fourth-order valence-electron chi connectivity index (χ4n) is 2.78. The van der Waals surface area contributed by atoms with Gasteiger partial charge in [0, 0.05) is 0 Å². The van der Waals surface area contributed by atoms with E-state index in [-0.39, 0.29) is 0 Å². The molecular weight excluding hydrogens is 232 g/mol. The lowest BCUT2D eigenvalue weighted by atomic mass is 9.72. The van der Waals surface area contributed by atoms with Gasteiger partial charge in [0.15, 0.2) is 0 Å². The summed E-state index contributed by atoms with van der Waals surface area (Å²) >= 11 is 0. The van der Waals surface area contributed by atoms with Gasteiger partial charge in [-0.2, -0.15) is 0 Å². The van der Waals surface area contributed by atoms with Crippen molar-refractivity contribution in [2.75, 3.05) is 0 Å². The lowest BCUT2D eigenvalue weighted by molar-refractivity contribution is -0.0621. The van der Waals surface area contributed by atoms with E-state index >= 15 is 0 Å². The highest BCUT2D eigenvalue weighted by Crippen LogP contribution is 2.35. The number of aliphatic hydroxyl groups is 1. The lowest BCUT2D eigenvalue weighted by Gasteiger charge is -2.39. The lowest BCUT2D eigenvalue weighted by Crippen LogP contribution is -2.42. The maximum absolute atomic E-state index is 10.7. The minimum Gasteiger partial charge on any atom is -0.390 e. The molecule has 0 rings (SSSR count). The van der Waals surface area contributed by atoms with E-state index < -0.39 is 5.60 Å². The van der Waals surface area contributed by atoms with E-state index in [9.17, 15) is 5.11 Å². The Hall–Kier alpha value is -0.0400. The Kier molecular flexibility index (Phi) is 8.27. The number of hydrogen-bond donors (Lipinski definition) is 1. The van der Waals surface area contributed by atoms with Crippen molar-refractivity contribution in [2.45, 2.75) is 86.7 Å². The first-order chi connectivity index (χ1) is 8.64. The molecule has 1 nitrogen and oxygen atoms in total. The Morgan fingerprint density at radius 1 is 0.895 bits per heavy atom. The van der Waals surface area contributed by atoms with Gasteiger partial charge in [-0.3, -0.25) is 0 Å². The second-order valence-electron chi connectivity index (χ2n) is 7.45. The average molecular weight is 271 g/mol. The summed E-state index contributed by atoms with van der Waals surface area (Å²) in [5.74, 6) is 2.95. The van der Waals surface area contributed by atoms with Crippen molar-refractivity contribution in [3.63, 3.8) is 0 Å². The van der Waals surface area contributed by atoms with Crippen molar-refractivity contribution in [1.29, 1.82) is 0 Å². The van der Waals surface area contributed by atoms with Crippen molar-refractivity contribution in [3.8, 4) is 0 Å². The topological polar surface area (TPSA) is 20.2 Å².